The largest absolute Gasteiger partial charge is 0.494 e. The highest BCUT2D eigenvalue weighted by Gasteiger charge is 2.06. The van der Waals surface area contributed by atoms with Crippen LogP contribution in [0.4, 0.5) is 0 Å². The molecule has 0 amide bonds. The van der Waals surface area contributed by atoms with Gasteiger partial charge >= 0.3 is 5.97 Å². The van der Waals surface area contributed by atoms with E-state index in [0.29, 0.717) is 0 Å². The summed E-state index contributed by atoms with van der Waals surface area (Å²) in [6.45, 7) is 6.83. The zero-order valence-electron chi connectivity index (χ0n) is 11.9. The maximum absolute atomic E-state index is 10.6. The van der Waals surface area contributed by atoms with Gasteiger partial charge in [0.2, 0.25) is 0 Å². The molecule has 104 valence electrons. The van der Waals surface area contributed by atoms with E-state index in [1.54, 1.807) is 6.08 Å². The molecule has 0 radical (unpaired) electrons. The summed E-state index contributed by atoms with van der Waals surface area (Å²) in [4.78, 5) is 10.6. The standard InChI is InChI=1S/C16H22O3/c1-4-10-19-14-7-8-15(13(5-2)11-14)12(3)6-9-16(17)18/h6-8,11H,4-5,9-10H2,1-3H3,(H,17,18)/b12-6+. The molecule has 0 saturated carbocycles. The van der Waals surface area contributed by atoms with Crippen LogP contribution in [0.2, 0.25) is 0 Å². The first-order chi connectivity index (χ1) is 9.08. The van der Waals surface area contributed by atoms with E-state index in [-0.39, 0.29) is 6.42 Å². The van der Waals surface area contributed by atoms with E-state index in [0.717, 1.165) is 36.3 Å². The smallest absolute Gasteiger partial charge is 0.307 e. The van der Waals surface area contributed by atoms with Gasteiger partial charge in [-0.05, 0) is 48.6 Å². The first-order valence-corrected chi connectivity index (χ1v) is 6.73. The molecule has 0 aliphatic carbocycles. The quantitative estimate of drug-likeness (QED) is 0.810. The normalized spacial score (nSPS) is 11.4. The van der Waals surface area contributed by atoms with Crippen LogP contribution in [0.25, 0.3) is 5.57 Å². The molecule has 0 aliphatic heterocycles. The van der Waals surface area contributed by atoms with Gasteiger partial charge in [0.1, 0.15) is 5.75 Å². The van der Waals surface area contributed by atoms with Gasteiger partial charge < -0.3 is 9.84 Å². The molecular weight excluding hydrogens is 240 g/mol. The van der Waals surface area contributed by atoms with Gasteiger partial charge in [-0.15, -0.1) is 0 Å². The van der Waals surface area contributed by atoms with E-state index in [9.17, 15) is 4.79 Å². The molecule has 0 spiro atoms. The first-order valence-electron chi connectivity index (χ1n) is 6.73. The zero-order valence-corrected chi connectivity index (χ0v) is 11.9. The fourth-order valence-corrected chi connectivity index (χ4v) is 1.91. The van der Waals surface area contributed by atoms with Crippen molar-refractivity contribution in [2.24, 2.45) is 0 Å². The van der Waals surface area contributed by atoms with Gasteiger partial charge in [0.25, 0.3) is 0 Å². The number of ether oxygens (including phenoxy) is 1. The van der Waals surface area contributed by atoms with E-state index >= 15 is 0 Å². The highest BCUT2D eigenvalue weighted by molar-refractivity contribution is 5.74. The van der Waals surface area contributed by atoms with Crippen molar-refractivity contribution in [3.8, 4) is 5.75 Å². The Kier molecular flexibility index (Phi) is 6.13. The van der Waals surface area contributed by atoms with Gasteiger partial charge in [0, 0.05) is 0 Å². The topological polar surface area (TPSA) is 46.5 Å². The third kappa shape index (κ3) is 4.78. The summed E-state index contributed by atoms with van der Waals surface area (Å²) >= 11 is 0. The second-order valence-electron chi connectivity index (χ2n) is 4.51. The molecule has 0 atom stereocenters. The van der Waals surface area contributed by atoms with Crippen molar-refractivity contribution in [3.05, 3.63) is 35.4 Å². The monoisotopic (exact) mass is 262 g/mol. The Labute approximate surface area is 114 Å². The number of carbonyl (C=O) groups is 1. The van der Waals surface area contributed by atoms with E-state index in [1.807, 2.05) is 25.1 Å². The summed E-state index contributed by atoms with van der Waals surface area (Å²) in [6.07, 6.45) is 3.70. The summed E-state index contributed by atoms with van der Waals surface area (Å²) in [5.41, 5.74) is 3.29. The molecule has 0 saturated heterocycles. The lowest BCUT2D eigenvalue weighted by molar-refractivity contribution is -0.135. The number of rotatable bonds is 7. The van der Waals surface area contributed by atoms with Crippen LogP contribution in [0.15, 0.2) is 24.3 Å². The van der Waals surface area contributed by atoms with Crippen LogP contribution in [0.1, 0.15) is 44.7 Å². The van der Waals surface area contributed by atoms with Gasteiger partial charge in [-0.1, -0.05) is 26.0 Å². The second-order valence-corrected chi connectivity index (χ2v) is 4.51. The minimum atomic E-state index is -0.805. The minimum Gasteiger partial charge on any atom is -0.494 e. The zero-order chi connectivity index (χ0) is 14.3. The van der Waals surface area contributed by atoms with Gasteiger partial charge in [-0.25, -0.2) is 0 Å². The molecule has 0 fully saturated rings. The Morgan fingerprint density at radius 3 is 2.68 bits per heavy atom. The fraction of sp³-hybridized carbons (Fsp3) is 0.438. The SMILES string of the molecule is CCCOc1ccc(/C(C)=C/CC(=O)O)c(CC)c1. The van der Waals surface area contributed by atoms with E-state index in [2.05, 4.69) is 13.8 Å². The predicted octanol–water partition coefficient (Wildman–Crippen LogP) is 3.92. The fourth-order valence-electron chi connectivity index (χ4n) is 1.91. The van der Waals surface area contributed by atoms with Crippen LogP contribution in [0, 0.1) is 0 Å². The van der Waals surface area contributed by atoms with E-state index in [4.69, 9.17) is 9.84 Å². The number of carboxylic acid groups (broad SMARTS) is 1. The van der Waals surface area contributed by atoms with Crippen molar-refractivity contribution in [2.45, 2.75) is 40.0 Å². The summed E-state index contributed by atoms with van der Waals surface area (Å²) in [6, 6.07) is 6.00. The molecular formula is C16H22O3. The number of carboxylic acids is 1. The molecule has 0 unspecified atom stereocenters. The van der Waals surface area contributed by atoms with Crippen molar-refractivity contribution in [1.82, 2.24) is 0 Å². The Morgan fingerprint density at radius 2 is 2.11 bits per heavy atom. The second kappa shape index (κ2) is 7.62. The molecule has 0 aromatic heterocycles. The Bertz CT molecular complexity index is 461. The molecule has 1 N–H and O–H groups in total. The summed E-state index contributed by atoms with van der Waals surface area (Å²) < 4.78 is 5.62. The average Bonchev–Trinajstić information content (AvgIpc) is 2.42. The molecule has 3 nitrogen and oxygen atoms in total. The highest BCUT2D eigenvalue weighted by Crippen LogP contribution is 2.25. The summed E-state index contributed by atoms with van der Waals surface area (Å²) in [7, 11) is 0. The molecule has 1 aromatic rings. The van der Waals surface area contributed by atoms with Crippen molar-refractivity contribution in [1.29, 1.82) is 0 Å². The van der Waals surface area contributed by atoms with Crippen LogP contribution in [-0.4, -0.2) is 17.7 Å². The van der Waals surface area contributed by atoms with Crippen molar-refractivity contribution >= 4 is 11.5 Å². The molecule has 0 bridgehead atoms. The number of aliphatic carboxylic acids is 1. The Balaban J connectivity index is 2.94. The van der Waals surface area contributed by atoms with Gasteiger partial charge in [0.05, 0.1) is 13.0 Å². The first kappa shape index (κ1) is 15.3. The number of hydrogen-bond acceptors (Lipinski definition) is 2. The molecule has 19 heavy (non-hydrogen) atoms. The van der Waals surface area contributed by atoms with Crippen LogP contribution >= 0.6 is 0 Å². The molecule has 1 rings (SSSR count). The van der Waals surface area contributed by atoms with Crippen molar-refractivity contribution in [2.75, 3.05) is 6.61 Å². The lowest BCUT2D eigenvalue weighted by Gasteiger charge is -2.12. The van der Waals surface area contributed by atoms with Gasteiger partial charge in [-0.3, -0.25) is 4.79 Å². The van der Waals surface area contributed by atoms with Crippen LogP contribution in [0.5, 0.6) is 5.75 Å². The lowest BCUT2D eigenvalue weighted by Crippen LogP contribution is -1.98. The Morgan fingerprint density at radius 1 is 1.37 bits per heavy atom. The lowest BCUT2D eigenvalue weighted by atomic mass is 9.98. The van der Waals surface area contributed by atoms with Crippen LogP contribution in [0.3, 0.4) is 0 Å². The third-order valence-electron chi connectivity index (χ3n) is 2.94. The molecule has 3 heteroatoms. The van der Waals surface area contributed by atoms with Gasteiger partial charge in [0.15, 0.2) is 0 Å². The minimum absolute atomic E-state index is 0.0586. The molecule has 0 heterocycles. The van der Waals surface area contributed by atoms with Crippen LogP contribution in [-0.2, 0) is 11.2 Å². The van der Waals surface area contributed by atoms with E-state index < -0.39 is 5.97 Å². The van der Waals surface area contributed by atoms with Crippen molar-refractivity contribution in [3.63, 3.8) is 0 Å². The molecule has 0 aliphatic rings. The number of benzene rings is 1. The number of allylic oxidation sites excluding steroid dienone is 1. The predicted molar refractivity (Wildman–Crippen MR) is 77.5 cm³/mol. The third-order valence-corrected chi connectivity index (χ3v) is 2.94. The average molecular weight is 262 g/mol. The highest BCUT2D eigenvalue weighted by atomic mass is 16.5. The maximum Gasteiger partial charge on any atom is 0.307 e. The van der Waals surface area contributed by atoms with E-state index in [1.165, 1.54) is 5.56 Å². The van der Waals surface area contributed by atoms with Crippen LogP contribution < -0.4 is 4.74 Å². The van der Waals surface area contributed by atoms with Crippen molar-refractivity contribution < 1.29 is 14.6 Å². The maximum atomic E-state index is 10.6. The Hall–Kier alpha value is -1.77. The number of hydrogen-bond donors (Lipinski definition) is 1. The summed E-state index contributed by atoms with van der Waals surface area (Å²) in [5, 5.41) is 8.71. The molecule has 1 aromatic carbocycles. The van der Waals surface area contributed by atoms with Gasteiger partial charge in [-0.2, -0.15) is 0 Å². The summed E-state index contributed by atoms with van der Waals surface area (Å²) in [5.74, 6) is 0.0776. The number of aryl methyl sites for hydroxylation is 1.